The first-order valence-electron chi connectivity index (χ1n) is 9.08. The average molecular weight is 382 g/mol. The Morgan fingerprint density at radius 3 is 2.54 bits per heavy atom. The summed E-state index contributed by atoms with van der Waals surface area (Å²) in [5.74, 6) is 1.90. The zero-order chi connectivity index (χ0) is 20.3. The zero-order valence-corrected chi connectivity index (χ0v) is 16.9. The van der Waals surface area contributed by atoms with Crippen molar-refractivity contribution >= 4 is 22.6 Å². The van der Waals surface area contributed by atoms with E-state index >= 15 is 0 Å². The Labute approximate surface area is 164 Å². The average Bonchev–Trinajstić information content (AvgIpc) is 3.04. The van der Waals surface area contributed by atoms with Crippen LogP contribution in [-0.4, -0.2) is 48.7 Å². The van der Waals surface area contributed by atoms with Crippen LogP contribution in [0.2, 0.25) is 0 Å². The highest BCUT2D eigenvalue weighted by Crippen LogP contribution is 2.30. The number of hydrogen-bond acceptors (Lipinski definition) is 5. The van der Waals surface area contributed by atoms with E-state index < -0.39 is 6.04 Å². The van der Waals surface area contributed by atoms with Gasteiger partial charge in [-0.2, -0.15) is 0 Å². The number of ether oxygens (including phenoxy) is 2. The monoisotopic (exact) mass is 382 g/mol. The predicted molar refractivity (Wildman–Crippen MR) is 110 cm³/mol. The molecule has 0 fully saturated rings. The molecule has 0 aliphatic heterocycles. The number of nitrogens with zero attached hydrogens (tertiary/aromatic N) is 3. The van der Waals surface area contributed by atoms with Gasteiger partial charge in [-0.25, -0.2) is 4.98 Å². The minimum absolute atomic E-state index is 0.129. The van der Waals surface area contributed by atoms with Crippen molar-refractivity contribution in [2.24, 2.45) is 0 Å². The molecule has 7 nitrogen and oxygen atoms in total. The molecule has 0 saturated carbocycles. The van der Waals surface area contributed by atoms with Gasteiger partial charge in [0.25, 0.3) is 0 Å². The van der Waals surface area contributed by atoms with Crippen LogP contribution in [-0.2, 0) is 11.3 Å². The van der Waals surface area contributed by atoms with E-state index in [0.717, 1.165) is 16.9 Å². The van der Waals surface area contributed by atoms with Crippen molar-refractivity contribution in [3.8, 4) is 11.5 Å². The second-order valence-electron chi connectivity index (χ2n) is 6.86. The van der Waals surface area contributed by atoms with Crippen molar-refractivity contribution in [2.45, 2.75) is 19.5 Å². The van der Waals surface area contributed by atoms with Gasteiger partial charge < -0.3 is 24.3 Å². The van der Waals surface area contributed by atoms with Gasteiger partial charge in [-0.3, -0.25) is 4.79 Å². The van der Waals surface area contributed by atoms with E-state index in [4.69, 9.17) is 14.5 Å². The maximum Gasteiger partial charge on any atom is 0.247 e. The van der Waals surface area contributed by atoms with Gasteiger partial charge >= 0.3 is 0 Å². The molecule has 1 heterocycles. The van der Waals surface area contributed by atoms with Crippen LogP contribution in [0.1, 0.15) is 18.8 Å². The number of methoxy groups -OCH3 is 2. The van der Waals surface area contributed by atoms with Crippen LogP contribution in [0.3, 0.4) is 0 Å². The summed E-state index contributed by atoms with van der Waals surface area (Å²) in [6.45, 7) is 2.52. The van der Waals surface area contributed by atoms with Crippen molar-refractivity contribution in [3.05, 3.63) is 48.3 Å². The van der Waals surface area contributed by atoms with Crippen molar-refractivity contribution in [1.29, 1.82) is 0 Å². The normalized spacial score (nSPS) is 12.2. The number of para-hydroxylation sites is 2. The van der Waals surface area contributed by atoms with Crippen LogP contribution < -0.4 is 14.8 Å². The molecule has 3 rings (SSSR count). The lowest BCUT2D eigenvalue weighted by molar-refractivity contribution is -0.118. The summed E-state index contributed by atoms with van der Waals surface area (Å²) in [6, 6.07) is 12.7. The van der Waals surface area contributed by atoms with Gasteiger partial charge in [0.2, 0.25) is 5.91 Å². The molecule has 0 bridgehead atoms. The van der Waals surface area contributed by atoms with E-state index in [9.17, 15) is 4.79 Å². The molecule has 7 heteroatoms. The van der Waals surface area contributed by atoms with Crippen LogP contribution in [0.5, 0.6) is 11.5 Å². The third kappa shape index (κ3) is 3.94. The highest BCUT2D eigenvalue weighted by Gasteiger charge is 2.22. The van der Waals surface area contributed by atoms with E-state index in [-0.39, 0.29) is 5.91 Å². The van der Waals surface area contributed by atoms with Gasteiger partial charge in [-0.1, -0.05) is 12.1 Å². The zero-order valence-electron chi connectivity index (χ0n) is 16.9. The molecule has 1 amide bonds. The topological polar surface area (TPSA) is 68.6 Å². The van der Waals surface area contributed by atoms with Crippen molar-refractivity contribution in [1.82, 2.24) is 14.5 Å². The molecule has 0 spiro atoms. The molecule has 0 aliphatic rings. The number of amides is 1. The number of nitrogens with one attached hydrogen (secondary N) is 1. The summed E-state index contributed by atoms with van der Waals surface area (Å²) in [5, 5.41) is 2.96. The molecule has 1 atom stereocenters. The van der Waals surface area contributed by atoms with Gasteiger partial charge in [0, 0.05) is 11.8 Å². The van der Waals surface area contributed by atoms with E-state index in [1.54, 1.807) is 32.4 Å². The fourth-order valence-corrected chi connectivity index (χ4v) is 3.20. The smallest absolute Gasteiger partial charge is 0.247 e. The number of rotatable bonds is 7. The van der Waals surface area contributed by atoms with Crippen LogP contribution in [0.15, 0.2) is 42.5 Å². The molecular weight excluding hydrogens is 356 g/mol. The standard InChI is InChI=1S/C21H26N4O3/c1-14(21(26)22-15-10-11-18(27-4)19(12-15)28-5)25-17-9-7-6-8-16(17)23-20(25)13-24(2)3/h6-12,14H,13H2,1-5H3,(H,22,26). The summed E-state index contributed by atoms with van der Waals surface area (Å²) >= 11 is 0. The Morgan fingerprint density at radius 2 is 1.86 bits per heavy atom. The molecular formula is C21H26N4O3. The highest BCUT2D eigenvalue weighted by atomic mass is 16.5. The van der Waals surface area contributed by atoms with Crippen LogP contribution in [0.4, 0.5) is 5.69 Å². The molecule has 1 aromatic heterocycles. The summed E-state index contributed by atoms with van der Waals surface area (Å²) < 4.78 is 12.6. The van der Waals surface area contributed by atoms with E-state index in [2.05, 4.69) is 5.32 Å². The molecule has 148 valence electrons. The third-order valence-electron chi connectivity index (χ3n) is 4.54. The molecule has 1 N–H and O–H groups in total. The lowest BCUT2D eigenvalue weighted by Gasteiger charge is -2.19. The molecule has 3 aromatic rings. The molecule has 0 saturated heterocycles. The van der Waals surface area contributed by atoms with Crippen LogP contribution in [0.25, 0.3) is 11.0 Å². The lowest BCUT2D eigenvalue weighted by Crippen LogP contribution is -2.26. The van der Waals surface area contributed by atoms with Crippen LogP contribution >= 0.6 is 0 Å². The van der Waals surface area contributed by atoms with E-state index in [0.29, 0.717) is 23.7 Å². The number of carbonyl (C=O) groups excluding carboxylic acids is 1. The number of benzene rings is 2. The van der Waals surface area contributed by atoms with E-state index in [1.807, 2.05) is 54.8 Å². The number of carbonyl (C=O) groups is 1. The summed E-state index contributed by atoms with van der Waals surface area (Å²) in [4.78, 5) is 19.8. The van der Waals surface area contributed by atoms with Gasteiger partial charge in [-0.15, -0.1) is 0 Å². The van der Waals surface area contributed by atoms with Gasteiger partial charge in [0.15, 0.2) is 11.5 Å². The van der Waals surface area contributed by atoms with Crippen LogP contribution in [0, 0.1) is 0 Å². The second kappa shape index (κ2) is 8.31. The molecule has 2 aromatic carbocycles. The minimum atomic E-state index is -0.435. The molecule has 28 heavy (non-hydrogen) atoms. The van der Waals surface area contributed by atoms with Gasteiger partial charge in [0.05, 0.1) is 31.8 Å². The molecule has 0 aliphatic carbocycles. The quantitative estimate of drug-likeness (QED) is 0.679. The fourth-order valence-electron chi connectivity index (χ4n) is 3.20. The summed E-state index contributed by atoms with van der Waals surface area (Å²) in [6.07, 6.45) is 0. The lowest BCUT2D eigenvalue weighted by atomic mass is 10.2. The number of anilines is 1. The minimum Gasteiger partial charge on any atom is -0.493 e. The van der Waals surface area contributed by atoms with E-state index in [1.165, 1.54) is 0 Å². The Kier molecular flexibility index (Phi) is 5.84. The summed E-state index contributed by atoms with van der Waals surface area (Å²) in [5.41, 5.74) is 2.47. The van der Waals surface area contributed by atoms with Gasteiger partial charge in [-0.05, 0) is 45.3 Å². The number of aromatic nitrogens is 2. The Bertz CT molecular complexity index is 981. The van der Waals surface area contributed by atoms with Crippen molar-refractivity contribution in [3.63, 3.8) is 0 Å². The number of imidazole rings is 1. The highest BCUT2D eigenvalue weighted by molar-refractivity contribution is 5.95. The van der Waals surface area contributed by atoms with Crippen molar-refractivity contribution in [2.75, 3.05) is 33.6 Å². The van der Waals surface area contributed by atoms with Gasteiger partial charge in [0.1, 0.15) is 11.9 Å². The first kappa shape index (κ1) is 19.7. The maximum absolute atomic E-state index is 13.0. The SMILES string of the molecule is COc1ccc(NC(=O)C(C)n2c(CN(C)C)nc3ccccc32)cc1OC. The predicted octanol–water partition coefficient (Wildman–Crippen LogP) is 3.31. The molecule has 1 unspecified atom stereocenters. The molecule has 0 radical (unpaired) electrons. The van der Waals surface area contributed by atoms with Crippen molar-refractivity contribution < 1.29 is 14.3 Å². The third-order valence-corrected chi connectivity index (χ3v) is 4.54. The number of fused-ring (bicyclic) bond motifs is 1. The Balaban J connectivity index is 1.91. The fraction of sp³-hybridized carbons (Fsp3) is 0.333. The Morgan fingerprint density at radius 1 is 1.14 bits per heavy atom. The summed E-state index contributed by atoms with van der Waals surface area (Å²) in [7, 11) is 7.11. The largest absolute Gasteiger partial charge is 0.493 e. The first-order valence-corrected chi connectivity index (χ1v) is 9.08. The first-order chi connectivity index (χ1) is 13.4. The number of hydrogen-bond donors (Lipinski definition) is 1. The second-order valence-corrected chi connectivity index (χ2v) is 6.86. The maximum atomic E-state index is 13.0. The Hall–Kier alpha value is -3.06.